The van der Waals surface area contributed by atoms with E-state index in [0.29, 0.717) is 17.7 Å². The van der Waals surface area contributed by atoms with Gasteiger partial charge in [-0.05, 0) is 17.7 Å². The van der Waals surface area contributed by atoms with E-state index in [1.54, 1.807) is 6.08 Å². The van der Waals surface area contributed by atoms with Gasteiger partial charge in [0.1, 0.15) is 5.25 Å². The molecule has 0 aromatic heterocycles. The predicted octanol–water partition coefficient (Wildman–Crippen LogP) is 3.49. The summed E-state index contributed by atoms with van der Waals surface area (Å²) in [5.74, 6) is 0. The molecular weight excluding hydrogens is 225 g/mol. The van der Waals surface area contributed by atoms with E-state index >= 15 is 0 Å². The van der Waals surface area contributed by atoms with Crippen LogP contribution < -0.4 is 0 Å². The third-order valence-corrected chi connectivity index (χ3v) is 3.66. The Morgan fingerprint density at radius 3 is 2.73 bits per heavy atom. The molecule has 0 radical (unpaired) electrons. The monoisotopic (exact) mass is 240 g/mol. The number of halogens is 3. The second-order valence-electron chi connectivity index (χ2n) is 3.70. The second-order valence-corrected chi connectivity index (χ2v) is 5.03. The molecule has 0 fully saturated rings. The Balaban J connectivity index is 2.36. The van der Waals surface area contributed by atoms with Crippen molar-refractivity contribution in [2.75, 3.05) is 0 Å². The van der Waals surface area contributed by atoms with Crippen LogP contribution in [0.2, 0.25) is 0 Å². The van der Waals surface area contributed by atoms with Gasteiger partial charge in [0.05, 0.1) is 6.10 Å². The molecule has 5 heteroatoms. The quantitative estimate of drug-likeness (QED) is 0.811. The number of thioether (sulfide) groups is 1. The summed E-state index contributed by atoms with van der Waals surface area (Å²) in [4.78, 5) is 0.679. The third kappa shape index (κ3) is 4.07. The van der Waals surface area contributed by atoms with Crippen LogP contribution in [0.15, 0.2) is 11.0 Å². The van der Waals surface area contributed by atoms with Crippen molar-refractivity contribution in [1.82, 2.24) is 0 Å². The minimum Gasteiger partial charge on any atom is -0.393 e. The van der Waals surface area contributed by atoms with Crippen LogP contribution in [0.25, 0.3) is 0 Å². The van der Waals surface area contributed by atoms with Crippen LogP contribution in [0, 0.1) is 0 Å². The highest BCUT2D eigenvalue weighted by Crippen LogP contribution is 2.43. The molecule has 1 aliphatic rings. The molecule has 2 atom stereocenters. The fourth-order valence-electron chi connectivity index (χ4n) is 1.52. The van der Waals surface area contributed by atoms with Crippen LogP contribution in [0.3, 0.4) is 0 Å². The summed E-state index contributed by atoms with van der Waals surface area (Å²) < 4.78 is 36.9. The van der Waals surface area contributed by atoms with Crippen molar-refractivity contribution in [3.05, 3.63) is 11.0 Å². The minimum atomic E-state index is -4.13. The van der Waals surface area contributed by atoms with Gasteiger partial charge in [-0.15, -0.1) is 11.8 Å². The van der Waals surface area contributed by atoms with E-state index < -0.39 is 17.5 Å². The Bertz CT molecular complexity index is 237. The second kappa shape index (κ2) is 5.25. The molecule has 1 rings (SSSR count). The van der Waals surface area contributed by atoms with Gasteiger partial charge in [-0.2, -0.15) is 13.2 Å². The first kappa shape index (κ1) is 12.9. The van der Waals surface area contributed by atoms with Crippen molar-refractivity contribution < 1.29 is 18.3 Å². The molecule has 0 spiro atoms. The highest BCUT2D eigenvalue weighted by molar-refractivity contribution is 8.04. The molecule has 0 aliphatic carbocycles. The largest absolute Gasteiger partial charge is 0.401 e. The summed E-state index contributed by atoms with van der Waals surface area (Å²) in [5.41, 5.74) is 0. The molecule has 1 aliphatic heterocycles. The maximum Gasteiger partial charge on any atom is 0.401 e. The maximum absolute atomic E-state index is 12.3. The lowest BCUT2D eigenvalue weighted by atomic mass is 10.1. The van der Waals surface area contributed by atoms with Crippen LogP contribution in [0.1, 0.15) is 32.6 Å². The molecule has 1 N–H and O–H groups in total. The SMILES string of the molecule is CCC[C@H](O)CC1=CCC(C(F)(F)F)S1. The van der Waals surface area contributed by atoms with E-state index in [1.807, 2.05) is 6.92 Å². The summed E-state index contributed by atoms with van der Waals surface area (Å²) in [6.07, 6.45) is -1.12. The topological polar surface area (TPSA) is 20.2 Å². The summed E-state index contributed by atoms with van der Waals surface area (Å²) in [6, 6.07) is 0. The molecular formula is C10H15F3OS. The van der Waals surface area contributed by atoms with Crippen LogP contribution in [-0.2, 0) is 0 Å². The highest BCUT2D eigenvalue weighted by atomic mass is 32.2. The van der Waals surface area contributed by atoms with E-state index in [-0.39, 0.29) is 6.42 Å². The zero-order chi connectivity index (χ0) is 11.5. The summed E-state index contributed by atoms with van der Waals surface area (Å²) in [5, 5.41) is 8.16. The molecule has 1 nitrogen and oxygen atoms in total. The van der Waals surface area contributed by atoms with E-state index in [4.69, 9.17) is 0 Å². The van der Waals surface area contributed by atoms with Gasteiger partial charge in [-0.3, -0.25) is 0 Å². The average molecular weight is 240 g/mol. The number of alkyl halides is 3. The number of rotatable bonds is 4. The van der Waals surface area contributed by atoms with Crippen molar-refractivity contribution in [2.45, 2.75) is 50.1 Å². The standard InChI is InChI=1S/C10H15F3OS/c1-2-3-7(14)6-8-4-5-9(15-8)10(11,12)13/h4,7,9,14H,2-3,5-6H2,1H3/t7-,9?/m0/s1. The molecule has 1 heterocycles. The van der Waals surface area contributed by atoms with Crippen molar-refractivity contribution in [3.8, 4) is 0 Å². The lowest BCUT2D eigenvalue weighted by Gasteiger charge is -2.15. The number of hydrogen-bond acceptors (Lipinski definition) is 2. The number of allylic oxidation sites excluding steroid dienone is 1. The van der Waals surface area contributed by atoms with Gasteiger partial charge in [0, 0.05) is 6.42 Å². The normalized spacial score (nSPS) is 24.1. The first-order valence-corrected chi connectivity index (χ1v) is 5.92. The Hall–Kier alpha value is -0.160. The van der Waals surface area contributed by atoms with Crippen molar-refractivity contribution >= 4 is 11.8 Å². The molecule has 1 unspecified atom stereocenters. The van der Waals surface area contributed by atoms with Gasteiger partial charge in [-0.25, -0.2) is 0 Å². The number of aliphatic hydroxyl groups excluding tert-OH is 1. The first-order chi connectivity index (χ1) is 6.93. The predicted molar refractivity (Wildman–Crippen MR) is 55.7 cm³/mol. The number of hydrogen-bond donors (Lipinski definition) is 1. The summed E-state index contributed by atoms with van der Waals surface area (Å²) in [7, 11) is 0. The van der Waals surface area contributed by atoms with Gasteiger partial charge in [0.2, 0.25) is 0 Å². The van der Waals surface area contributed by atoms with E-state index in [2.05, 4.69) is 0 Å². The van der Waals surface area contributed by atoms with Crippen LogP contribution in [-0.4, -0.2) is 22.6 Å². The summed E-state index contributed by atoms with van der Waals surface area (Å²) in [6.45, 7) is 1.94. The van der Waals surface area contributed by atoms with Gasteiger partial charge in [-0.1, -0.05) is 19.4 Å². The molecule has 15 heavy (non-hydrogen) atoms. The smallest absolute Gasteiger partial charge is 0.393 e. The van der Waals surface area contributed by atoms with Crippen molar-refractivity contribution in [3.63, 3.8) is 0 Å². The van der Waals surface area contributed by atoms with Crippen molar-refractivity contribution in [2.24, 2.45) is 0 Å². The molecule has 0 aromatic carbocycles. The van der Waals surface area contributed by atoms with E-state index in [9.17, 15) is 18.3 Å². The van der Waals surface area contributed by atoms with Crippen molar-refractivity contribution in [1.29, 1.82) is 0 Å². The Kier molecular flexibility index (Phi) is 4.52. The zero-order valence-electron chi connectivity index (χ0n) is 8.55. The first-order valence-electron chi connectivity index (χ1n) is 5.04. The average Bonchev–Trinajstić information content (AvgIpc) is 2.52. The van der Waals surface area contributed by atoms with Crippen LogP contribution in [0.4, 0.5) is 13.2 Å². The van der Waals surface area contributed by atoms with Crippen LogP contribution in [0.5, 0.6) is 0 Å². The molecule has 0 bridgehead atoms. The van der Waals surface area contributed by atoms with Gasteiger partial charge in [0.15, 0.2) is 0 Å². The molecule has 0 amide bonds. The molecule has 0 aromatic rings. The lowest BCUT2D eigenvalue weighted by Crippen LogP contribution is -2.23. The van der Waals surface area contributed by atoms with Crippen LogP contribution >= 0.6 is 11.8 Å². The summed E-state index contributed by atoms with van der Waals surface area (Å²) >= 11 is 0.848. The Labute approximate surface area is 91.7 Å². The highest BCUT2D eigenvalue weighted by Gasteiger charge is 2.42. The van der Waals surface area contributed by atoms with E-state index in [0.717, 1.165) is 18.2 Å². The third-order valence-electron chi connectivity index (χ3n) is 2.28. The maximum atomic E-state index is 12.3. The number of aliphatic hydroxyl groups is 1. The zero-order valence-corrected chi connectivity index (χ0v) is 9.37. The fraction of sp³-hybridized carbons (Fsp3) is 0.800. The molecule has 0 saturated carbocycles. The minimum absolute atomic E-state index is 0.0440. The Morgan fingerprint density at radius 1 is 1.60 bits per heavy atom. The molecule has 88 valence electrons. The van der Waals surface area contributed by atoms with Gasteiger partial charge in [0.25, 0.3) is 0 Å². The fourth-order valence-corrected chi connectivity index (χ4v) is 2.69. The van der Waals surface area contributed by atoms with E-state index in [1.165, 1.54) is 0 Å². The van der Waals surface area contributed by atoms with Gasteiger partial charge < -0.3 is 5.11 Å². The Morgan fingerprint density at radius 2 is 2.27 bits per heavy atom. The lowest BCUT2D eigenvalue weighted by molar-refractivity contribution is -0.127. The molecule has 0 saturated heterocycles. The van der Waals surface area contributed by atoms with Gasteiger partial charge >= 0.3 is 6.18 Å².